The maximum absolute atomic E-state index is 13.5. The lowest BCUT2D eigenvalue weighted by atomic mass is 10.1. The molecule has 3 nitrogen and oxygen atoms in total. The summed E-state index contributed by atoms with van der Waals surface area (Å²) in [6.07, 6.45) is 1.58. The Bertz CT molecular complexity index is 527. The highest BCUT2D eigenvalue weighted by atomic mass is 32.2. The van der Waals surface area contributed by atoms with Crippen LogP contribution in [0.1, 0.15) is 17.7 Å². The molecule has 0 spiro atoms. The van der Waals surface area contributed by atoms with Crippen molar-refractivity contribution >= 4 is 11.8 Å². The van der Waals surface area contributed by atoms with Gasteiger partial charge in [-0.2, -0.15) is 0 Å². The molecule has 17 heavy (non-hydrogen) atoms. The number of rotatable bonds is 3. The molecule has 0 aliphatic heterocycles. The Labute approximate surface area is 102 Å². The summed E-state index contributed by atoms with van der Waals surface area (Å²) in [5.41, 5.74) is 0.458. The molecule has 0 saturated carbocycles. The molecule has 1 unspecified atom stereocenters. The number of aryl methyl sites for hydroxylation is 1. The van der Waals surface area contributed by atoms with Gasteiger partial charge in [-0.25, -0.2) is 8.78 Å². The third-order valence-electron chi connectivity index (χ3n) is 2.35. The van der Waals surface area contributed by atoms with Gasteiger partial charge < -0.3 is 4.57 Å². The molecule has 0 fully saturated rings. The lowest BCUT2D eigenvalue weighted by Crippen LogP contribution is -1.97. The molecule has 0 aliphatic rings. The first kappa shape index (κ1) is 12.0. The van der Waals surface area contributed by atoms with Gasteiger partial charge in [-0.3, -0.25) is 0 Å². The first-order chi connectivity index (χ1) is 8.08. The van der Waals surface area contributed by atoms with Crippen LogP contribution in [0.4, 0.5) is 8.78 Å². The quantitative estimate of drug-likeness (QED) is 0.790. The molecule has 90 valence electrons. The van der Waals surface area contributed by atoms with Crippen LogP contribution in [0.15, 0.2) is 29.7 Å². The maximum atomic E-state index is 13.5. The van der Waals surface area contributed by atoms with Crippen LogP contribution in [0.2, 0.25) is 0 Å². The van der Waals surface area contributed by atoms with Crippen LogP contribution in [0.5, 0.6) is 0 Å². The normalized spacial score (nSPS) is 12.7. The number of aromatic nitrogens is 3. The maximum Gasteiger partial charge on any atom is 0.191 e. The van der Waals surface area contributed by atoms with Crippen molar-refractivity contribution in [2.75, 3.05) is 0 Å². The summed E-state index contributed by atoms with van der Waals surface area (Å²) in [5.74, 6) is -1.10. The highest BCUT2D eigenvalue weighted by molar-refractivity contribution is 7.99. The molecule has 0 bridgehead atoms. The van der Waals surface area contributed by atoms with Crippen molar-refractivity contribution in [3.8, 4) is 0 Å². The molecule has 0 N–H and O–H groups in total. The number of nitrogens with zero attached hydrogens (tertiary/aromatic N) is 3. The summed E-state index contributed by atoms with van der Waals surface area (Å²) in [6, 6.07) is 3.61. The van der Waals surface area contributed by atoms with Gasteiger partial charge in [0.1, 0.15) is 18.0 Å². The molecular formula is C11H11F2N3S. The lowest BCUT2D eigenvalue weighted by Gasteiger charge is -2.11. The Morgan fingerprint density at radius 1 is 1.35 bits per heavy atom. The van der Waals surface area contributed by atoms with Crippen LogP contribution in [-0.4, -0.2) is 14.8 Å². The van der Waals surface area contributed by atoms with Gasteiger partial charge >= 0.3 is 0 Å². The second-order valence-electron chi connectivity index (χ2n) is 3.65. The predicted molar refractivity (Wildman–Crippen MR) is 61.6 cm³/mol. The van der Waals surface area contributed by atoms with E-state index in [9.17, 15) is 8.78 Å². The Hall–Kier alpha value is -1.43. The molecule has 1 aromatic heterocycles. The van der Waals surface area contributed by atoms with Gasteiger partial charge in [0.05, 0.1) is 0 Å². The van der Waals surface area contributed by atoms with E-state index in [0.717, 1.165) is 6.07 Å². The van der Waals surface area contributed by atoms with Crippen LogP contribution >= 0.6 is 11.8 Å². The van der Waals surface area contributed by atoms with Gasteiger partial charge in [-0.15, -0.1) is 10.2 Å². The van der Waals surface area contributed by atoms with Crippen molar-refractivity contribution in [3.05, 3.63) is 41.7 Å². The molecule has 0 radical (unpaired) electrons. The largest absolute Gasteiger partial charge is 0.312 e. The molecule has 0 amide bonds. The minimum Gasteiger partial charge on any atom is -0.312 e. The van der Waals surface area contributed by atoms with Crippen LogP contribution in [0.25, 0.3) is 0 Å². The van der Waals surface area contributed by atoms with Gasteiger partial charge in [0.25, 0.3) is 0 Å². The average Bonchev–Trinajstić information content (AvgIpc) is 2.64. The highest BCUT2D eigenvalue weighted by Gasteiger charge is 2.15. The number of hydrogen-bond acceptors (Lipinski definition) is 3. The fourth-order valence-electron chi connectivity index (χ4n) is 1.43. The van der Waals surface area contributed by atoms with Crippen LogP contribution < -0.4 is 0 Å². The minimum atomic E-state index is -0.567. The smallest absolute Gasteiger partial charge is 0.191 e. The minimum absolute atomic E-state index is 0.154. The predicted octanol–water partition coefficient (Wildman–Crippen LogP) is 2.95. The Morgan fingerprint density at radius 2 is 2.12 bits per heavy atom. The lowest BCUT2D eigenvalue weighted by molar-refractivity contribution is 0.572. The number of halogens is 2. The fourth-order valence-corrected chi connectivity index (χ4v) is 2.37. The van der Waals surface area contributed by atoms with Gasteiger partial charge in [0.2, 0.25) is 0 Å². The third kappa shape index (κ3) is 2.63. The molecule has 6 heteroatoms. The zero-order valence-electron chi connectivity index (χ0n) is 9.39. The van der Waals surface area contributed by atoms with Crippen molar-refractivity contribution in [1.82, 2.24) is 14.8 Å². The van der Waals surface area contributed by atoms with E-state index in [-0.39, 0.29) is 5.25 Å². The third-order valence-corrected chi connectivity index (χ3v) is 3.54. The molecule has 2 rings (SSSR count). The van der Waals surface area contributed by atoms with E-state index in [0.29, 0.717) is 10.7 Å². The summed E-state index contributed by atoms with van der Waals surface area (Å²) in [4.78, 5) is 0. The monoisotopic (exact) mass is 255 g/mol. The second-order valence-corrected chi connectivity index (χ2v) is 4.96. The molecular weight excluding hydrogens is 244 g/mol. The van der Waals surface area contributed by atoms with E-state index in [1.165, 1.54) is 23.9 Å². The van der Waals surface area contributed by atoms with Gasteiger partial charge in [-0.1, -0.05) is 17.8 Å². The second kappa shape index (κ2) is 4.83. The fraction of sp³-hybridized carbons (Fsp3) is 0.273. The summed E-state index contributed by atoms with van der Waals surface area (Å²) in [6.45, 7) is 1.84. The van der Waals surface area contributed by atoms with E-state index >= 15 is 0 Å². The number of hydrogen-bond donors (Lipinski definition) is 0. The van der Waals surface area contributed by atoms with E-state index < -0.39 is 11.6 Å². The first-order valence-electron chi connectivity index (χ1n) is 5.03. The Morgan fingerprint density at radius 3 is 2.71 bits per heavy atom. The zero-order valence-corrected chi connectivity index (χ0v) is 10.2. The number of thioether (sulfide) groups is 1. The summed E-state index contributed by atoms with van der Waals surface area (Å²) in [5, 5.41) is 8.19. The first-order valence-corrected chi connectivity index (χ1v) is 5.91. The van der Waals surface area contributed by atoms with Gasteiger partial charge in [0.15, 0.2) is 5.16 Å². The van der Waals surface area contributed by atoms with E-state index in [1.54, 1.807) is 10.9 Å². The standard InChI is InChI=1S/C11H11F2N3S/c1-7(17-11-15-14-6-16(11)2)9-4-3-8(12)5-10(9)13/h3-7H,1-2H3. The topological polar surface area (TPSA) is 30.7 Å². The summed E-state index contributed by atoms with van der Waals surface area (Å²) >= 11 is 1.38. The molecule has 0 saturated heterocycles. The molecule has 1 heterocycles. The summed E-state index contributed by atoms with van der Waals surface area (Å²) in [7, 11) is 1.82. The SMILES string of the molecule is CC(Sc1nncn1C)c1ccc(F)cc1F. The van der Waals surface area contributed by atoms with Crippen molar-refractivity contribution in [3.63, 3.8) is 0 Å². The van der Waals surface area contributed by atoms with Crippen LogP contribution in [0.3, 0.4) is 0 Å². The highest BCUT2D eigenvalue weighted by Crippen LogP contribution is 2.34. The molecule has 2 aromatic rings. The van der Waals surface area contributed by atoms with Crippen molar-refractivity contribution < 1.29 is 8.78 Å². The van der Waals surface area contributed by atoms with Crippen molar-refractivity contribution in [2.24, 2.45) is 7.05 Å². The van der Waals surface area contributed by atoms with E-state index in [2.05, 4.69) is 10.2 Å². The Balaban J connectivity index is 2.20. The van der Waals surface area contributed by atoms with Crippen LogP contribution in [-0.2, 0) is 7.05 Å². The average molecular weight is 255 g/mol. The van der Waals surface area contributed by atoms with Gasteiger partial charge in [0, 0.05) is 23.9 Å². The van der Waals surface area contributed by atoms with Crippen molar-refractivity contribution in [1.29, 1.82) is 0 Å². The molecule has 0 aliphatic carbocycles. The van der Waals surface area contributed by atoms with Crippen LogP contribution in [0, 0.1) is 11.6 Å². The number of benzene rings is 1. The Kier molecular flexibility index (Phi) is 3.42. The molecule has 1 atom stereocenters. The molecule has 1 aromatic carbocycles. The van der Waals surface area contributed by atoms with Crippen molar-refractivity contribution in [2.45, 2.75) is 17.3 Å². The van der Waals surface area contributed by atoms with E-state index in [4.69, 9.17) is 0 Å². The summed E-state index contributed by atoms with van der Waals surface area (Å²) < 4.78 is 28.1. The van der Waals surface area contributed by atoms with Gasteiger partial charge in [-0.05, 0) is 13.0 Å². The van der Waals surface area contributed by atoms with E-state index in [1.807, 2.05) is 14.0 Å². The zero-order chi connectivity index (χ0) is 12.4.